The molecule has 21 heavy (non-hydrogen) atoms. The van der Waals surface area contributed by atoms with E-state index in [0.29, 0.717) is 27.1 Å². The van der Waals surface area contributed by atoms with E-state index in [9.17, 15) is 9.59 Å². The van der Waals surface area contributed by atoms with Gasteiger partial charge in [0.05, 0.1) is 5.02 Å². The van der Waals surface area contributed by atoms with E-state index < -0.39 is 11.9 Å². The quantitative estimate of drug-likeness (QED) is 0.657. The molecule has 2 aromatic rings. The molecule has 0 radical (unpaired) electrons. The fraction of sp³-hybridized carbons (Fsp3) is 0. The molecule has 1 saturated heterocycles. The molecule has 0 aliphatic carbocycles. The van der Waals surface area contributed by atoms with Gasteiger partial charge in [0.25, 0.3) is 5.91 Å². The van der Waals surface area contributed by atoms with Gasteiger partial charge in [0.15, 0.2) is 0 Å². The lowest BCUT2D eigenvalue weighted by atomic mass is 10.2. The van der Waals surface area contributed by atoms with E-state index in [2.05, 4.69) is 10.6 Å². The highest BCUT2D eigenvalue weighted by molar-refractivity contribution is 6.36. The van der Waals surface area contributed by atoms with Crippen LogP contribution in [0.4, 0.5) is 4.79 Å². The predicted molar refractivity (Wildman–Crippen MR) is 78.8 cm³/mol. The third-order valence-corrected chi connectivity index (χ3v) is 3.38. The number of hydrogen-bond donors (Lipinski definition) is 2. The monoisotopic (exact) mass is 322 g/mol. The number of carbonyl (C=O) groups excluding carboxylic acids is 2. The number of urea groups is 1. The molecule has 1 aliphatic rings. The average Bonchev–Trinajstić information content (AvgIpc) is 2.97. The first-order chi connectivity index (χ1) is 10.0. The second kappa shape index (κ2) is 5.27. The lowest BCUT2D eigenvalue weighted by molar-refractivity contribution is -0.115. The Kier molecular flexibility index (Phi) is 3.45. The predicted octanol–water partition coefficient (Wildman–Crippen LogP) is 3.43. The van der Waals surface area contributed by atoms with E-state index in [1.165, 1.54) is 6.08 Å². The zero-order chi connectivity index (χ0) is 15.0. The summed E-state index contributed by atoms with van der Waals surface area (Å²) in [6.07, 6.45) is 1.44. The Morgan fingerprint density at radius 2 is 1.86 bits per heavy atom. The number of benzene rings is 1. The minimum Gasteiger partial charge on any atom is -0.457 e. The molecule has 1 aromatic heterocycles. The van der Waals surface area contributed by atoms with E-state index in [1.54, 1.807) is 30.3 Å². The van der Waals surface area contributed by atoms with Crippen molar-refractivity contribution in [2.75, 3.05) is 0 Å². The second-order valence-electron chi connectivity index (χ2n) is 4.29. The zero-order valence-corrected chi connectivity index (χ0v) is 12.0. The van der Waals surface area contributed by atoms with Crippen LogP contribution in [0.2, 0.25) is 10.0 Å². The molecule has 1 aliphatic heterocycles. The first-order valence-corrected chi connectivity index (χ1v) is 6.68. The lowest BCUT2D eigenvalue weighted by Crippen LogP contribution is -2.22. The molecule has 3 amide bonds. The van der Waals surface area contributed by atoms with Crippen LogP contribution in [0, 0.1) is 0 Å². The maximum Gasteiger partial charge on any atom is 0.326 e. The van der Waals surface area contributed by atoms with Gasteiger partial charge in [-0.15, -0.1) is 0 Å². The maximum atomic E-state index is 11.4. The second-order valence-corrected chi connectivity index (χ2v) is 5.14. The van der Waals surface area contributed by atoms with E-state index in [4.69, 9.17) is 27.6 Å². The Balaban J connectivity index is 1.92. The Bertz CT molecular complexity index is 780. The van der Waals surface area contributed by atoms with Crippen LogP contribution < -0.4 is 10.6 Å². The summed E-state index contributed by atoms with van der Waals surface area (Å²) in [7, 11) is 0. The molecule has 3 rings (SSSR count). The smallest absolute Gasteiger partial charge is 0.326 e. The van der Waals surface area contributed by atoms with Crippen molar-refractivity contribution >= 4 is 41.2 Å². The molecule has 5 nitrogen and oxygen atoms in total. The van der Waals surface area contributed by atoms with Crippen molar-refractivity contribution in [1.82, 2.24) is 10.6 Å². The van der Waals surface area contributed by atoms with Crippen LogP contribution >= 0.6 is 23.2 Å². The standard InChI is InChI=1S/C14H8Cl2N2O3/c15-7-1-3-9(10(16)5-7)12-4-2-8(21-12)6-11-13(19)18-14(20)17-11/h1-6H,(H2,17,18,19,20)/b11-6+. The minimum atomic E-state index is -0.557. The third kappa shape index (κ3) is 2.79. The van der Waals surface area contributed by atoms with Gasteiger partial charge < -0.3 is 9.73 Å². The third-order valence-electron chi connectivity index (χ3n) is 2.83. The molecule has 2 heterocycles. The normalized spacial score (nSPS) is 16.2. The van der Waals surface area contributed by atoms with Crippen LogP contribution in [0.1, 0.15) is 5.76 Å². The van der Waals surface area contributed by atoms with Gasteiger partial charge in [-0.3, -0.25) is 10.1 Å². The van der Waals surface area contributed by atoms with E-state index >= 15 is 0 Å². The fourth-order valence-electron chi connectivity index (χ4n) is 1.89. The molecule has 0 spiro atoms. The zero-order valence-electron chi connectivity index (χ0n) is 10.4. The van der Waals surface area contributed by atoms with Gasteiger partial charge in [0.2, 0.25) is 0 Å². The van der Waals surface area contributed by atoms with Gasteiger partial charge in [0, 0.05) is 16.7 Å². The number of hydrogen-bond acceptors (Lipinski definition) is 3. The Morgan fingerprint density at radius 3 is 2.52 bits per heavy atom. The van der Waals surface area contributed by atoms with Crippen molar-refractivity contribution in [1.29, 1.82) is 0 Å². The number of halogens is 2. The Morgan fingerprint density at radius 1 is 1.05 bits per heavy atom. The van der Waals surface area contributed by atoms with Gasteiger partial charge in [-0.2, -0.15) is 0 Å². The van der Waals surface area contributed by atoms with Crippen molar-refractivity contribution in [3.8, 4) is 11.3 Å². The van der Waals surface area contributed by atoms with Crippen LogP contribution in [0.15, 0.2) is 40.4 Å². The van der Waals surface area contributed by atoms with Crippen molar-refractivity contribution in [3.05, 3.63) is 51.8 Å². The van der Waals surface area contributed by atoms with Crippen LogP contribution in [0.3, 0.4) is 0 Å². The van der Waals surface area contributed by atoms with Gasteiger partial charge in [-0.25, -0.2) is 4.79 Å². The summed E-state index contributed by atoms with van der Waals surface area (Å²) < 4.78 is 5.60. The molecule has 1 aromatic carbocycles. The Hall–Kier alpha value is -2.24. The molecular weight excluding hydrogens is 315 g/mol. The highest BCUT2D eigenvalue weighted by Crippen LogP contribution is 2.31. The molecule has 0 saturated carbocycles. The summed E-state index contributed by atoms with van der Waals surface area (Å²) in [5.74, 6) is 0.457. The summed E-state index contributed by atoms with van der Waals surface area (Å²) in [5, 5.41) is 5.48. The summed E-state index contributed by atoms with van der Waals surface area (Å²) in [6.45, 7) is 0. The van der Waals surface area contributed by atoms with Crippen molar-refractivity contribution in [2.24, 2.45) is 0 Å². The molecule has 0 unspecified atom stereocenters. The van der Waals surface area contributed by atoms with E-state index in [-0.39, 0.29) is 5.70 Å². The van der Waals surface area contributed by atoms with Crippen LogP contribution in [0.25, 0.3) is 17.4 Å². The van der Waals surface area contributed by atoms with Crippen LogP contribution in [-0.4, -0.2) is 11.9 Å². The SMILES string of the molecule is O=C1NC(=O)/C(=C\c2ccc(-c3ccc(Cl)cc3Cl)o2)N1. The molecular formula is C14H8Cl2N2O3. The maximum absolute atomic E-state index is 11.4. The van der Waals surface area contributed by atoms with Crippen molar-refractivity contribution < 1.29 is 14.0 Å². The van der Waals surface area contributed by atoms with Crippen LogP contribution in [-0.2, 0) is 4.79 Å². The molecule has 0 bridgehead atoms. The van der Waals surface area contributed by atoms with Gasteiger partial charge in [-0.1, -0.05) is 23.2 Å². The Labute approximate surface area is 129 Å². The molecule has 7 heteroatoms. The molecule has 0 atom stereocenters. The van der Waals surface area contributed by atoms with E-state index in [0.717, 1.165) is 0 Å². The highest BCUT2D eigenvalue weighted by Gasteiger charge is 2.23. The fourth-order valence-corrected chi connectivity index (χ4v) is 2.39. The number of imide groups is 1. The first kappa shape index (κ1) is 13.7. The largest absolute Gasteiger partial charge is 0.457 e. The first-order valence-electron chi connectivity index (χ1n) is 5.92. The summed E-state index contributed by atoms with van der Waals surface area (Å²) >= 11 is 11.9. The molecule has 2 N–H and O–H groups in total. The van der Waals surface area contributed by atoms with Crippen molar-refractivity contribution in [2.45, 2.75) is 0 Å². The number of nitrogens with one attached hydrogen (secondary N) is 2. The highest BCUT2D eigenvalue weighted by atomic mass is 35.5. The number of furan rings is 1. The number of rotatable bonds is 2. The van der Waals surface area contributed by atoms with Crippen LogP contribution in [0.5, 0.6) is 0 Å². The number of carbonyl (C=O) groups is 2. The van der Waals surface area contributed by atoms with Gasteiger partial charge in [0.1, 0.15) is 17.2 Å². The molecule has 1 fully saturated rings. The van der Waals surface area contributed by atoms with Gasteiger partial charge >= 0.3 is 6.03 Å². The average molecular weight is 323 g/mol. The summed E-state index contributed by atoms with van der Waals surface area (Å²) in [6, 6.07) is 7.89. The summed E-state index contributed by atoms with van der Waals surface area (Å²) in [5.41, 5.74) is 0.814. The molecule has 106 valence electrons. The van der Waals surface area contributed by atoms with Crippen molar-refractivity contribution in [3.63, 3.8) is 0 Å². The lowest BCUT2D eigenvalue weighted by Gasteiger charge is -2.00. The summed E-state index contributed by atoms with van der Waals surface area (Å²) in [4.78, 5) is 22.4. The van der Waals surface area contributed by atoms with E-state index in [1.807, 2.05) is 0 Å². The topological polar surface area (TPSA) is 71.3 Å². The number of amides is 3. The van der Waals surface area contributed by atoms with Gasteiger partial charge in [-0.05, 0) is 30.3 Å². The minimum absolute atomic E-state index is 0.128.